The fourth-order valence-corrected chi connectivity index (χ4v) is 4.35. The van der Waals surface area contributed by atoms with E-state index in [1.807, 2.05) is 4.90 Å². The number of halogens is 3. The van der Waals surface area contributed by atoms with Crippen molar-refractivity contribution in [2.75, 3.05) is 44.6 Å². The molecule has 9 nitrogen and oxygen atoms in total. The summed E-state index contributed by atoms with van der Waals surface area (Å²) in [5, 5.41) is 6.38. The van der Waals surface area contributed by atoms with Crippen molar-refractivity contribution in [3.05, 3.63) is 47.2 Å². The lowest BCUT2D eigenvalue weighted by molar-refractivity contribution is -0.138. The lowest BCUT2D eigenvalue weighted by atomic mass is 10.1. The molecule has 1 N–H and O–H groups in total. The van der Waals surface area contributed by atoms with Crippen molar-refractivity contribution < 1.29 is 32.1 Å². The quantitative estimate of drug-likeness (QED) is 0.662. The highest BCUT2D eigenvalue weighted by Gasteiger charge is 2.38. The maximum atomic E-state index is 13.0. The SMILES string of the molecule is Cc1cc(NC(=O)CN2CCN(C(=O)C3CC(=O)N(Cc4cccc(C(F)(F)F)c4)C3)CC2)no1. The summed E-state index contributed by atoms with van der Waals surface area (Å²) < 4.78 is 43.8. The summed E-state index contributed by atoms with van der Waals surface area (Å²) in [5.41, 5.74) is -0.397. The Bertz CT molecular complexity index is 1090. The fraction of sp³-hybridized carbons (Fsp3) is 0.478. The zero-order chi connectivity index (χ0) is 25.2. The molecule has 2 aromatic rings. The first-order valence-corrected chi connectivity index (χ1v) is 11.3. The van der Waals surface area contributed by atoms with Crippen LogP contribution >= 0.6 is 0 Å². The number of nitrogens with one attached hydrogen (secondary N) is 1. The first-order valence-electron chi connectivity index (χ1n) is 11.3. The topological polar surface area (TPSA) is 99.0 Å². The third-order valence-corrected chi connectivity index (χ3v) is 6.14. The number of carbonyl (C=O) groups is 3. The molecule has 35 heavy (non-hydrogen) atoms. The van der Waals surface area contributed by atoms with Crippen LogP contribution in [0.25, 0.3) is 0 Å². The highest BCUT2D eigenvalue weighted by Crippen LogP contribution is 2.30. The van der Waals surface area contributed by atoms with Gasteiger partial charge in [-0.2, -0.15) is 13.2 Å². The number of aromatic nitrogens is 1. The molecule has 12 heteroatoms. The van der Waals surface area contributed by atoms with E-state index in [0.29, 0.717) is 43.3 Å². The van der Waals surface area contributed by atoms with Crippen molar-refractivity contribution in [3.63, 3.8) is 0 Å². The second-order valence-electron chi connectivity index (χ2n) is 8.85. The van der Waals surface area contributed by atoms with Crippen LogP contribution in [-0.4, -0.2) is 76.8 Å². The first kappa shape index (κ1) is 24.7. The van der Waals surface area contributed by atoms with Gasteiger partial charge in [-0.1, -0.05) is 17.3 Å². The number of nitrogens with zero attached hydrogens (tertiary/aromatic N) is 4. The van der Waals surface area contributed by atoms with Gasteiger partial charge in [-0.15, -0.1) is 0 Å². The molecule has 4 rings (SSSR count). The molecule has 0 radical (unpaired) electrons. The molecule has 3 heterocycles. The number of alkyl halides is 3. The molecule has 0 saturated carbocycles. The van der Waals surface area contributed by atoms with E-state index in [1.54, 1.807) is 17.9 Å². The number of hydrogen-bond acceptors (Lipinski definition) is 6. The Labute approximate surface area is 199 Å². The molecule has 2 aliphatic heterocycles. The van der Waals surface area contributed by atoms with Gasteiger partial charge in [-0.05, 0) is 24.6 Å². The van der Waals surface area contributed by atoms with Crippen LogP contribution in [0.15, 0.2) is 34.9 Å². The Morgan fingerprint density at radius 2 is 1.91 bits per heavy atom. The number of amides is 3. The molecule has 1 unspecified atom stereocenters. The summed E-state index contributed by atoms with van der Waals surface area (Å²) in [4.78, 5) is 42.7. The Kier molecular flexibility index (Phi) is 7.10. The lowest BCUT2D eigenvalue weighted by Gasteiger charge is -2.35. The third kappa shape index (κ3) is 6.18. The smallest absolute Gasteiger partial charge is 0.360 e. The van der Waals surface area contributed by atoms with Crippen LogP contribution < -0.4 is 5.32 Å². The standard InChI is InChI=1S/C23H26F3N5O4/c1-15-9-19(28-35-15)27-20(32)14-29-5-7-30(8-6-29)22(34)17-11-21(33)31(13-17)12-16-3-2-4-18(10-16)23(24,25)26/h2-4,9-10,17H,5-8,11-14H2,1H3,(H,27,28,32). The zero-order valence-corrected chi connectivity index (χ0v) is 19.2. The molecular formula is C23H26F3N5O4. The molecule has 0 aliphatic carbocycles. The number of rotatable bonds is 6. The van der Waals surface area contributed by atoms with Gasteiger partial charge in [0.15, 0.2) is 5.82 Å². The Morgan fingerprint density at radius 1 is 1.17 bits per heavy atom. The van der Waals surface area contributed by atoms with Gasteiger partial charge in [-0.3, -0.25) is 19.3 Å². The molecule has 2 aliphatic rings. The van der Waals surface area contributed by atoms with Gasteiger partial charge >= 0.3 is 6.18 Å². The normalized spacial score (nSPS) is 19.3. The second kappa shape index (κ2) is 10.1. The van der Waals surface area contributed by atoms with Crippen molar-refractivity contribution in [1.29, 1.82) is 0 Å². The van der Waals surface area contributed by atoms with Gasteiger partial charge in [0, 0.05) is 51.8 Å². The maximum Gasteiger partial charge on any atom is 0.416 e. The number of anilines is 1. The van der Waals surface area contributed by atoms with Crippen LogP contribution in [-0.2, 0) is 27.1 Å². The number of hydrogen-bond donors (Lipinski definition) is 1. The van der Waals surface area contributed by atoms with E-state index in [9.17, 15) is 27.6 Å². The first-order chi connectivity index (χ1) is 16.6. The van der Waals surface area contributed by atoms with Crippen LogP contribution in [0, 0.1) is 12.8 Å². The van der Waals surface area contributed by atoms with E-state index in [-0.39, 0.29) is 43.8 Å². The van der Waals surface area contributed by atoms with Crippen molar-refractivity contribution in [1.82, 2.24) is 19.9 Å². The Morgan fingerprint density at radius 3 is 2.57 bits per heavy atom. The van der Waals surface area contributed by atoms with Gasteiger partial charge in [0.2, 0.25) is 17.7 Å². The highest BCUT2D eigenvalue weighted by molar-refractivity contribution is 5.91. The van der Waals surface area contributed by atoms with Gasteiger partial charge in [0.25, 0.3) is 0 Å². The molecule has 1 aromatic carbocycles. The highest BCUT2D eigenvalue weighted by atomic mass is 19.4. The number of benzene rings is 1. The van der Waals surface area contributed by atoms with Crippen molar-refractivity contribution in [2.45, 2.75) is 26.1 Å². The molecular weight excluding hydrogens is 467 g/mol. The third-order valence-electron chi connectivity index (χ3n) is 6.14. The minimum Gasteiger partial charge on any atom is -0.360 e. The van der Waals surface area contributed by atoms with Crippen molar-refractivity contribution in [3.8, 4) is 0 Å². The number of piperazine rings is 1. The summed E-state index contributed by atoms with van der Waals surface area (Å²) >= 11 is 0. The fourth-order valence-electron chi connectivity index (χ4n) is 4.35. The molecule has 2 saturated heterocycles. The lowest BCUT2D eigenvalue weighted by Crippen LogP contribution is -2.52. The Balaban J connectivity index is 1.25. The van der Waals surface area contributed by atoms with Gasteiger partial charge in [-0.25, -0.2) is 0 Å². The van der Waals surface area contributed by atoms with Crippen LogP contribution in [0.1, 0.15) is 23.3 Å². The summed E-state index contributed by atoms with van der Waals surface area (Å²) in [7, 11) is 0. The summed E-state index contributed by atoms with van der Waals surface area (Å²) in [6.45, 7) is 3.94. The number of aryl methyl sites for hydroxylation is 1. The zero-order valence-electron chi connectivity index (χ0n) is 19.2. The van der Waals surface area contributed by atoms with Crippen LogP contribution in [0.4, 0.5) is 19.0 Å². The second-order valence-corrected chi connectivity index (χ2v) is 8.85. The van der Waals surface area contributed by atoms with Crippen molar-refractivity contribution >= 4 is 23.5 Å². The molecule has 1 atom stereocenters. The predicted molar refractivity (Wildman–Crippen MR) is 118 cm³/mol. The number of carbonyl (C=O) groups excluding carboxylic acids is 3. The molecule has 0 spiro atoms. The van der Waals surface area contributed by atoms with Crippen LogP contribution in [0.5, 0.6) is 0 Å². The minimum absolute atomic E-state index is 0.0282. The average Bonchev–Trinajstić information content (AvgIpc) is 3.38. The van der Waals surface area contributed by atoms with E-state index in [0.717, 1.165) is 12.1 Å². The van der Waals surface area contributed by atoms with Gasteiger partial charge in [0.1, 0.15) is 5.76 Å². The molecule has 188 valence electrons. The van der Waals surface area contributed by atoms with E-state index in [1.165, 1.54) is 17.0 Å². The van der Waals surface area contributed by atoms with Crippen LogP contribution in [0.2, 0.25) is 0 Å². The van der Waals surface area contributed by atoms with Crippen molar-refractivity contribution in [2.24, 2.45) is 5.92 Å². The van der Waals surface area contributed by atoms with E-state index >= 15 is 0 Å². The molecule has 0 bridgehead atoms. The summed E-state index contributed by atoms with van der Waals surface area (Å²) in [6, 6.07) is 6.49. The van der Waals surface area contributed by atoms with Gasteiger partial charge in [0.05, 0.1) is 18.0 Å². The summed E-state index contributed by atoms with van der Waals surface area (Å²) in [5.74, 6) is -0.220. The Hall–Kier alpha value is -3.41. The minimum atomic E-state index is -4.46. The number of likely N-dealkylation sites (tertiary alicyclic amines) is 1. The largest absolute Gasteiger partial charge is 0.416 e. The molecule has 1 aromatic heterocycles. The van der Waals surface area contributed by atoms with E-state index in [2.05, 4.69) is 10.5 Å². The average molecular weight is 493 g/mol. The summed E-state index contributed by atoms with van der Waals surface area (Å²) in [6.07, 6.45) is -4.42. The van der Waals surface area contributed by atoms with E-state index < -0.39 is 17.7 Å². The predicted octanol–water partition coefficient (Wildman–Crippen LogP) is 2.13. The monoisotopic (exact) mass is 493 g/mol. The van der Waals surface area contributed by atoms with Gasteiger partial charge < -0.3 is 19.6 Å². The van der Waals surface area contributed by atoms with E-state index in [4.69, 9.17) is 4.52 Å². The maximum absolute atomic E-state index is 13.0. The molecule has 2 fully saturated rings. The molecule has 3 amide bonds. The van der Waals surface area contributed by atoms with Crippen LogP contribution in [0.3, 0.4) is 0 Å².